The van der Waals surface area contributed by atoms with E-state index in [1.54, 1.807) is 41.5 Å². The van der Waals surface area contributed by atoms with E-state index in [0.29, 0.717) is 19.3 Å². The maximum absolute atomic E-state index is 12.6. The second-order valence-electron chi connectivity index (χ2n) is 15.7. The number of aliphatic hydroxyl groups excluding tert-OH is 12. The second-order valence-corrected chi connectivity index (χ2v) is 15.7. The fourth-order valence-electron chi connectivity index (χ4n) is 4.09. The van der Waals surface area contributed by atoms with Crippen LogP contribution in [0, 0.1) is 49.4 Å². The molecule has 12 atom stereocenters. The molecule has 0 saturated heterocycles. The van der Waals surface area contributed by atoms with E-state index in [1.165, 1.54) is 0 Å². The van der Waals surface area contributed by atoms with Crippen LogP contribution in [-0.2, 0) is 16.8 Å². The Labute approximate surface area is 445 Å². The number of rotatable bonds is 18. The van der Waals surface area contributed by atoms with Crippen molar-refractivity contribution in [1.29, 1.82) is 0 Å². The topological polar surface area (TPSA) is 243 Å². The molecule has 0 amide bonds. The number of alkyl halides is 21. The molecule has 0 heterocycles. The Hall–Kier alpha value is 0.141. The summed E-state index contributed by atoms with van der Waals surface area (Å²) < 4.78 is 254. The first kappa shape index (κ1) is 87.8. The van der Waals surface area contributed by atoms with Crippen molar-refractivity contribution in [3.8, 4) is 0 Å². The van der Waals surface area contributed by atoms with Crippen LogP contribution in [0.1, 0.15) is 101 Å². The Kier molecular flexibility index (Phi) is 44.9. The molecule has 71 heavy (non-hydrogen) atoms. The van der Waals surface area contributed by atoms with Gasteiger partial charge in [-0.1, -0.05) is 0 Å². The molecular weight excluding hydrogens is 1230 g/mol. The van der Waals surface area contributed by atoms with Crippen LogP contribution in [0.2, 0.25) is 0 Å². The number of hydrogen-bond acceptors (Lipinski definition) is 12. The van der Waals surface area contributed by atoms with E-state index in [0.717, 1.165) is 20.8 Å². The Morgan fingerprint density at radius 2 is 0.338 bits per heavy atom. The molecule has 0 aliphatic heterocycles. The van der Waals surface area contributed by atoms with Crippen molar-refractivity contribution in [2.75, 3.05) is 0 Å². The van der Waals surface area contributed by atoms with Crippen LogP contribution in [0.3, 0.4) is 0 Å². The van der Waals surface area contributed by atoms with E-state index >= 15 is 0 Å². The minimum Gasteiger partial charge on any atom is -0.393 e. The van der Waals surface area contributed by atoms with Crippen LogP contribution < -0.4 is 0 Å². The number of hydrogen-bond donors (Lipinski definition) is 12. The molecule has 0 bridgehead atoms. The Morgan fingerprint density at radius 3 is 0.394 bits per heavy atom. The molecule has 12 N–H and O–H groups in total. The van der Waals surface area contributed by atoms with Gasteiger partial charge in [0.15, 0.2) is 0 Å². The van der Waals surface area contributed by atoms with Crippen molar-refractivity contribution in [2.45, 2.75) is 228 Å². The molecule has 0 fully saturated rings. The van der Waals surface area contributed by atoms with Crippen molar-refractivity contribution in [3.05, 3.63) is 0 Å². The predicted molar refractivity (Wildman–Crippen MR) is 199 cm³/mol. The van der Waals surface area contributed by atoms with Crippen LogP contribution in [0.4, 0.5) is 92.2 Å². The minimum atomic E-state index is -6.48. The minimum absolute atomic E-state index is 0. The maximum atomic E-state index is 12.6. The first-order chi connectivity index (χ1) is 29.9. The molecule has 12 unspecified atom stereocenters. The molecule has 0 rings (SSSR count). The van der Waals surface area contributed by atoms with E-state index in [1.807, 2.05) is 0 Å². The summed E-state index contributed by atoms with van der Waals surface area (Å²) in [5.41, 5.74) is 0. The van der Waals surface area contributed by atoms with Crippen LogP contribution in [0.15, 0.2) is 0 Å². The zero-order chi connectivity index (χ0) is 57.7. The van der Waals surface area contributed by atoms with E-state index in [-0.39, 0.29) is 103 Å². The van der Waals surface area contributed by atoms with Gasteiger partial charge in [0.05, 0.1) is 54.9 Å². The molecule has 2 radical (unpaired) electrons. The summed E-state index contributed by atoms with van der Waals surface area (Å²) in [6.45, 7) is 12.6. The van der Waals surface area contributed by atoms with Crippen LogP contribution in [-0.4, -0.2) is 189 Å². The average molecular weight is 1300 g/mol. The third-order valence-corrected chi connectivity index (χ3v) is 7.32. The number of aliphatic hydroxyl groups is 12. The standard InChI is InChI=1S/3C7H9F7O2.3C5H12O2.Co.Eu/c3*1-3(15)2-4(16)5(8,9)6(10,11)7(12,13)14;3*1-4(6)3-5(2)7;;/h3*3-4,15-16H,2H2,1H3;3*4-7H,3H2,1-2H3;;. The zero-order valence-corrected chi connectivity index (χ0v) is 42.2. The first-order valence-electron chi connectivity index (χ1n) is 19.5. The first-order valence-corrected chi connectivity index (χ1v) is 19.5. The van der Waals surface area contributed by atoms with Gasteiger partial charge in [-0.3, -0.25) is 0 Å². The van der Waals surface area contributed by atoms with Gasteiger partial charge in [0.2, 0.25) is 0 Å². The fourth-order valence-corrected chi connectivity index (χ4v) is 4.09. The molecule has 35 heteroatoms. The summed E-state index contributed by atoms with van der Waals surface area (Å²) in [4.78, 5) is 0. The van der Waals surface area contributed by atoms with E-state index < -0.39 is 110 Å². The van der Waals surface area contributed by atoms with Crippen molar-refractivity contribution in [2.24, 2.45) is 0 Å². The third kappa shape index (κ3) is 35.2. The molecular formula is C36H63CoEuF21O12. The van der Waals surface area contributed by atoms with Gasteiger partial charge in [-0.25, -0.2) is 0 Å². The maximum Gasteiger partial charge on any atom is 0.459 e. The predicted octanol–water partition coefficient (Wildman–Crippen LogP) is 6.27. The van der Waals surface area contributed by atoms with E-state index in [9.17, 15) is 92.2 Å². The summed E-state index contributed by atoms with van der Waals surface area (Å²) in [7, 11) is 0. The Balaban J connectivity index is -0.000000115. The SMILES string of the molecule is CC(O)CC(C)O.CC(O)CC(C)O.CC(O)CC(C)O.CC(O)CC(O)C(F)(F)C(F)(F)C(F)(F)F.CC(O)CC(O)C(F)(F)C(F)(F)C(F)(F)F.CC(O)CC(O)C(F)(F)C(F)(F)C(F)(F)F.[Co].[Eu]. The average Bonchev–Trinajstić information content (AvgIpc) is 3.05. The van der Waals surface area contributed by atoms with Gasteiger partial charge in [-0.2, -0.15) is 92.2 Å². The molecule has 442 valence electrons. The molecule has 0 saturated carbocycles. The fraction of sp³-hybridized carbons (Fsp3) is 1.00. The van der Waals surface area contributed by atoms with Gasteiger partial charge in [-0.15, -0.1) is 0 Å². The third-order valence-electron chi connectivity index (χ3n) is 7.32. The van der Waals surface area contributed by atoms with Crippen molar-refractivity contribution >= 4 is 0 Å². The van der Waals surface area contributed by atoms with Crippen molar-refractivity contribution < 1.29 is 220 Å². The van der Waals surface area contributed by atoms with Crippen LogP contribution in [0.5, 0.6) is 0 Å². The Morgan fingerprint density at radius 1 is 0.239 bits per heavy atom. The summed E-state index contributed by atoms with van der Waals surface area (Å²) >= 11 is 0. The molecule has 0 aromatic heterocycles. The van der Waals surface area contributed by atoms with Gasteiger partial charge in [0.1, 0.15) is 18.3 Å². The Bertz CT molecular complexity index is 1140. The van der Waals surface area contributed by atoms with E-state index in [4.69, 9.17) is 61.3 Å². The smallest absolute Gasteiger partial charge is 0.393 e. The van der Waals surface area contributed by atoms with Crippen LogP contribution in [0.25, 0.3) is 0 Å². The van der Waals surface area contributed by atoms with E-state index in [2.05, 4.69) is 0 Å². The molecule has 0 aliphatic carbocycles. The molecule has 0 aromatic carbocycles. The molecule has 0 aromatic rings. The normalized spacial score (nSPS) is 18.0. The van der Waals surface area contributed by atoms with Crippen LogP contribution >= 0.6 is 0 Å². The summed E-state index contributed by atoms with van der Waals surface area (Å²) in [5, 5.41) is 103. The largest absolute Gasteiger partial charge is 0.459 e. The van der Waals surface area contributed by atoms with Gasteiger partial charge >= 0.3 is 54.1 Å². The van der Waals surface area contributed by atoms with Gasteiger partial charge in [0.25, 0.3) is 0 Å². The van der Waals surface area contributed by atoms with Gasteiger partial charge in [-0.05, 0) is 81.6 Å². The molecule has 0 aliphatic rings. The quantitative estimate of drug-likeness (QED) is 0.0681. The molecule has 0 spiro atoms. The van der Waals surface area contributed by atoms with Gasteiger partial charge in [0, 0.05) is 85.4 Å². The summed E-state index contributed by atoms with van der Waals surface area (Å²) in [6.07, 6.45) is -38.9. The zero-order valence-electron chi connectivity index (χ0n) is 38.7. The van der Waals surface area contributed by atoms with Gasteiger partial charge < -0.3 is 61.3 Å². The monoisotopic (exact) mass is 1300 g/mol. The van der Waals surface area contributed by atoms with Crippen molar-refractivity contribution in [3.63, 3.8) is 0 Å². The molecule has 12 nitrogen and oxygen atoms in total. The van der Waals surface area contributed by atoms with Crippen molar-refractivity contribution in [1.82, 2.24) is 0 Å². The summed E-state index contributed by atoms with van der Waals surface area (Å²) in [6, 6.07) is 0. The summed E-state index contributed by atoms with van der Waals surface area (Å²) in [5.74, 6) is -36.1. The second kappa shape index (κ2) is 36.3. The number of halogens is 21.